The van der Waals surface area contributed by atoms with Crippen molar-refractivity contribution in [2.24, 2.45) is 0 Å². The van der Waals surface area contributed by atoms with E-state index in [2.05, 4.69) is 15.9 Å². The van der Waals surface area contributed by atoms with Crippen molar-refractivity contribution in [2.45, 2.75) is 6.32 Å². The van der Waals surface area contributed by atoms with Crippen LogP contribution in [0.4, 0.5) is 17.3 Å². The molecule has 0 N–H and O–H groups in total. The van der Waals surface area contributed by atoms with E-state index >= 15 is 0 Å². The molecule has 1 aromatic carbocycles. The topological polar surface area (TPSA) is 0 Å². The van der Waals surface area contributed by atoms with Crippen LogP contribution in [0.2, 0.25) is 0 Å². The molecule has 0 radical (unpaired) electrons. The minimum absolute atomic E-state index is 0.0602. The lowest BCUT2D eigenvalue weighted by Gasteiger charge is -2.13. The molecule has 0 aliphatic rings. The van der Waals surface area contributed by atoms with Gasteiger partial charge in [-0.25, -0.2) is 4.39 Å². The standard InChI is InChI=1S/C7H5BBrF4/c9-6-3-5(1-2-7(6)10)4-8(11,12)13/h1-3H,4H2/q-1. The van der Waals surface area contributed by atoms with E-state index in [4.69, 9.17) is 0 Å². The molecule has 0 bridgehead atoms. The van der Waals surface area contributed by atoms with E-state index < -0.39 is 19.1 Å². The van der Waals surface area contributed by atoms with Crippen LogP contribution in [0, 0.1) is 5.82 Å². The summed E-state index contributed by atoms with van der Waals surface area (Å²) in [5, 5.41) is 0. The average molecular weight is 256 g/mol. The van der Waals surface area contributed by atoms with Crippen LogP contribution in [0.25, 0.3) is 0 Å². The fourth-order valence-electron chi connectivity index (χ4n) is 0.934. The number of rotatable bonds is 2. The van der Waals surface area contributed by atoms with Crippen LogP contribution in [-0.2, 0) is 6.32 Å². The Labute approximate surface area is 81.1 Å². The summed E-state index contributed by atoms with van der Waals surface area (Å²) in [5.41, 5.74) is 0.0702. The third-order valence-electron chi connectivity index (χ3n) is 1.45. The Hall–Kier alpha value is -0.515. The molecule has 0 nitrogen and oxygen atoms in total. The lowest BCUT2D eigenvalue weighted by atomic mass is 9.82. The van der Waals surface area contributed by atoms with Gasteiger partial charge in [0.2, 0.25) is 0 Å². The Morgan fingerprint density at radius 2 is 1.85 bits per heavy atom. The summed E-state index contributed by atoms with van der Waals surface area (Å²) < 4.78 is 48.4. The minimum Gasteiger partial charge on any atom is -0.449 e. The SMILES string of the molecule is Fc1ccc(C[B-](F)(F)F)cc1Br. The van der Waals surface area contributed by atoms with Gasteiger partial charge in [0.15, 0.2) is 0 Å². The zero-order chi connectivity index (χ0) is 10.1. The molecule has 0 aromatic heterocycles. The lowest BCUT2D eigenvalue weighted by molar-refractivity contribution is 0.468. The van der Waals surface area contributed by atoms with E-state index in [1.54, 1.807) is 0 Å². The fraction of sp³-hybridized carbons (Fsp3) is 0.143. The van der Waals surface area contributed by atoms with Gasteiger partial charge in [0.25, 0.3) is 0 Å². The van der Waals surface area contributed by atoms with Gasteiger partial charge in [-0.1, -0.05) is 17.9 Å². The predicted octanol–water partition coefficient (Wildman–Crippen LogP) is 3.52. The molecule has 1 aromatic rings. The molecule has 13 heavy (non-hydrogen) atoms. The van der Waals surface area contributed by atoms with Crippen molar-refractivity contribution in [2.75, 3.05) is 0 Å². The molecule has 0 spiro atoms. The molecular formula is C7H5BBrF4-. The maximum atomic E-state index is 12.6. The maximum Gasteiger partial charge on any atom is 0.482 e. The second-order valence-electron chi connectivity index (χ2n) is 2.66. The Balaban J connectivity index is 2.86. The monoisotopic (exact) mass is 255 g/mol. The first-order chi connectivity index (χ1) is 5.88. The average Bonchev–Trinajstić information content (AvgIpc) is 1.94. The maximum absolute atomic E-state index is 12.6. The molecular weight excluding hydrogens is 251 g/mol. The first-order valence-corrected chi connectivity index (χ1v) is 4.33. The van der Waals surface area contributed by atoms with E-state index in [1.807, 2.05) is 0 Å². The smallest absolute Gasteiger partial charge is 0.449 e. The summed E-state index contributed by atoms with van der Waals surface area (Å²) in [7, 11) is 0. The minimum atomic E-state index is -4.85. The summed E-state index contributed by atoms with van der Waals surface area (Å²) in [6.07, 6.45) is -0.973. The highest BCUT2D eigenvalue weighted by Crippen LogP contribution is 2.21. The third-order valence-corrected chi connectivity index (χ3v) is 2.06. The predicted molar refractivity (Wildman–Crippen MR) is 46.9 cm³/mol. The first-order valence-electron chi connectivity index (χ1n) is 3.53. The van der Waals surface area contributed by atoms with E-state index in [-0.39, 0.29) is 10.0 Å². The molecule has 6 heteroatoms. The summed E-state index contributed by atoms with van der Waals surface area (Å²) in [5.74, 6) is -0.557. The van der Waals surface area contributed by atoms with Crippen LogP contribution >= 0.6 is 15.9 Å². The highest BCUT2D eigenvalue weighted by molar-refractivity contribution is 9.10. The number of hydrogen-bond donors (Lipinski definition) is 0. The van der Waals surface area contributed by atoms with Crippen LogP contribution in [0.5, 0.6) is 0 Å². The molecule has 0 fully saturated rings. The molecule has 0 unspecified atom stereocenters. The third kappa shape index (κ3) is 3.38. The van der Waals surface area contributed by atoms with Crippen molar-refractivity contribution < 1.29 is 17.3 Å². The van der Waals surface area contributed by atoms with Crippen molar-refractivity contribution in [3.63, 3.8) is 0 Å². The summed E-state index contributed by atoms with van der Waals surface area (Å²) in [6, 6.07) is 3.29. The van der Waals surface area contributed by atoms with Gasteiger partial charge in [0, 0.05) is 0 Å². The van der Waals surface area contributed by atoms with Gasteiger partial charge in [-0.2, -0.15) is 0 Å². The molecule has 0 saturated carbocycles. The molecule has 0 aliphatic carbocycles. The molecule has 1 rings (SSSR count). The Morgan fingerprint density at radius 3 is 2.31 bits per heavy atom. The summed E-state index contributed by atoms with van der Waals surface area (Å²) in [6.45, 7) is -4.85. The van der Waals surface area contributed by atoms with Crippen LogP contribution in [0.3, 0.4) is 0 Å². The number of halogens is 5. The normalized spacial score (nSPS) is 11.8. The fourth-order valence-corrected chi connectivity index (χ4v) is 1.36. The second-order valence-corrected chi connectivity index (χ2v) is 3.52. The highest BCUT2D eigenvalue weighted by Gasteiger charge is 2.23. The van der Waals surface area contributed by atoms with Gasteiger partial charge in [-0.05, 0) is 28.1 Å². The van der Waals surface area contributed by atoms with Crippen molar-refractivity contribution in [1.29, 1.82) is 0 Å². The van der Waals surface area contributed by atoms with E-state index in [1.165, 1.54) is 0 Å². The number of benzene rings is 1. The van der Waals surface area contributed by atoms with Gasteiger partial charge in [0.1, 0.15) is 5.82 Å². The molecule has 0 atom stereocenters. The largest absolute Gasteiger partial charge is 0.482 e. The summed E-state index contributed by atoms with van der Waals surface area (Å²) in [4.78, 5) is 0. The molecule has 0 aliphatic heterocycles. The lowest BCUT2D eigenvalue weighted by Crippen LogP contribution is -2.19. The van der Waals surface area contributed by atoms with Crippen molar-refractivity contribution in [3.05, 3.63) is 34.1 Å². The van der Waals surface area contributed by atoms with Crippen molar-refractivity contribution in [3.8, 4) is 0 Å². The van der Waals surface area contributed by atoms with Gasteiger partial charge < -0.3 is 12.9 Å². The van der Waals surface area contributed by atoms with E-state index in [9.17, 15) is 17.3 Å². The molecule has 0 saturated heterocycles. The van der Waals surface area contributed by atoms with Gasteiger partial charge >= 0.3 is 6.98 Å². The van der Waals surface area contributed by atoms with Crippen LogP contribution in [-0.4, -0.2) is 6.98 Å². The van der Waals surface area contributed by atoms with E-state index in [0.29, 0.717) is 0 Å². The van der Waals surface area contributed by atoms with Gasteiger partial charge in [-0.15, -0.1) is 0 Å². The van der Waals surface area contributed by atoms with E-state index in [0.717, 1.165) is 18.2 Å². The second kappa shape index (κ2) is 3.70. The zero-order valence-electron chi connectivity index (χ0n) is 6.41. The zero-order valence-corrected chi connectivity index (χ0v) is 7.99. The van der Waals surface area contributed by atoms with Crippen LogP contribution in [0.1, 0.15) is 5.56 Å². The summed E-state index contributed by atoms with van der Waals surface area (Å²) >= 11 is 2.82. The Bertz CT molecular complexity index is 310. The van der Waals surface area contributed by atoms with Crippen molar-refractivity contribution >= 4 is 22.9 Å². The highest BCUT2D eigenvalue weighted by atomic mass is 79.9. The van der Waals surface area contributed by atoms with Crippen LogP contribution < -0.4 is 0 Å². The molecule has 0 amide bonds. The van der Waals surface area contributed by atoms with Crippen molar-refractivity contribution in [1.82, 2.24) is 0 Å². The first kappa shape index (κ1) is 10.6. The molecule has 72 valence electrons. The van der Waals surface area contributed by atoms with Gasteiger partial charge in [0.05, 0.1) is 4.47 Å². The van der Waals surface area contributed by atoms with Gasteiger partial charge in [-0.3, -0.25) is 0 Å². The Kier molecular flexibility index (Phi) is 3.00. The quantitative estimate of drug-likeness (QED) is 0.560. The number of hydrogen-bond acceptors (Lipinski definition) is 0. The Morgan fingerprint density at radius 1 is 1.23 bits per heavy atom. The molecule has 0 heterocycles. The van der Waals surface area contributed by atoms with Crippen LogP contribution in [0.15, 0.2) is 22.7 Å².